The Bertz CT molecular complexity index is 1260. The number of rotatable bonds is 11. The number of aliphatic hydroxyl groups is 1. The fourth-order valence-electron chi connectivity index (χ4n) is 4.86. The monoisotopic (exact) mass is 521 g/mol. The highest BCUT2D eigenvalue weighted by molar-refractivity contribution is 5.97. The molecule has 1 amide bonds. The lowest BCUT2D eigenvalue weighted by molar-refractivity contribution is 0.0398. The number of aryl methyl sites for hydroxylation is 1. The minimum atomic E-state index is -0.517. The van der Waals surface area contributed by atoms with Gasteiger partial charge in [0.05, 0.1) is 31.6 Å². The van der Waals surface area contributed by atoms with Crippen LogP contribution in [-0.4, -0.2) is 88.1 Å². The molecular weight excluding hydrogens is 482 g/mol. The lowest BCUT2D eigenvalue weighted by atomic mass is 10.0. The molecule has 2 aromatic heterocycles. The molecule has 1 aliphatic heterocycles. The number of nitrogens with zero attached hydrogens (tertiary/aromatic N) is 4. The Hall–Kier alpha value is -3.21. The van der Waals surface area contributed by atoms with Crippen LogP contribution in [0.3, 0.4) is 0 Å². The van der Waals surface area contributed by atoms with Crippen molar-refractivity contribution < 1.29 is 14.6 Å². The van der Waals surface area contributed by atoms with Crippen molar-refractivity contribution in [2.45, 2.75) is 58.2 Å². The number of amides is 1. The number of hydrogen-bond donors (Lipinski definition) is 4. The number of morpholine rings is 1. The van der Waals surface area contributed by atoms with Gasteiger partial charge in [-0.3, -0.25) is 9.69 Å². The summed E-state index contributed by atoms with van der Waals surface area (Å²) >= 11 is 0. The Morgan fingerprint density at radius 2 is 2.03 bits per heavy atom. The van der Waals surface area contributed by atoms with Gasteiger partial charge in [0.25, 0.3) is 5.91 Å². The van der Waals surface area contributed by atoms with Gasteiger partial charge in [-0.05, 0) is 50.3 Å². The average Bonchev–Trinajstić information content (AvgIpc) is 3.62. The van der Waals surface area contributed by atoms with Gasteiger partial charge in [-0.2, -0.15) is 9.61 Å². The van der Waals surface area contributed by atoms with Crippen LogP contribution in [0.2, 0.25) is 0 Å². The third-order valence-electron chi connectivity index (χ3n) is 7.36. The summed E-state index contributed by atoms with van der Waals surface area (Å²) in [4.78, 5) is 19.9. The van der Waals surface area contributed by atoms with E-state index in [1.165, 1.54) is 0 Å². The van der Waals surface area contributed by atoms with Crippen LogP contribution in [-0.2, 0) is 4.74 Å². The zero-order chi connectivity index (χ0) is 26.6. The predicted molar refractivity (Wildman–Crippen MR) is 149 cm³/mol. The van der Waals surface area contributed by atoms with E-state index in [-0.39, 0.29) is 11.9 Å². The van der Waals surface area contributed by atoms with Crippen molar-refractivity contribution in [1.29, 1.82) is 0 Å². The Labute approximate surface area is 223 Å². The summed E-state index contributed by atoms with van der Waals surface area (Å²) in [5, 5.41) is 24.9. The number of nitrogens with one attached hydrogen (secondary N) is 3. The molecule has 0 spiro atoms. The lowest BCUT2D eigenvalue weighted by Gasteiger charge is -2.26. The fourth-order valence-corrected chi connectivity index (χ4v) is 4.86. The largest absolute Gasteiger partial charge is 0.391 e. The predicted octanol–water partition coefficient (Wildman–Crippen LogP) is 2.91. The summed E-state index contributed by atoms with van der Waals surface area (Å²) in [5.74, 6) is 1.49. The number of ether oxygens (including phenoxy) is 1. The SMILES string of the molecule is CCC(Nc1cc(NCCN2CCOCC2)n2ncc(-c3ccc(C(=O)NC4CC4)c(C)c3)c2n1)C(C)O. The van der Waals surface area contributed by atoms with Gasteiger partial charge in [-0.15, -0.1) is 0 Å². The second kappa shape index (κ2) is 11.7. The summed E-state index contributed by atoms with van der Waals surface area (Å²) in [7, 11) is 0. The van der Waals surface area contributed by atoms with Crippen LogP contribution in [0.4, 0.5) is 11.6 Å². The standard InChI is InChI=1S/C28H39N7O3/c1-4-24(19(3)36)32-25-16-26(29-9-10-34-11-13-38-14-12-34)35-27(33-25)23(17-30-35)20-5-8-22(18(2)15-20)28(37)31-21-6-7-21/h5,8,15-17,19,21,24,29,36H,4,6-7,9-14H2,1-3H3,(H,31,37)(H,32,33). The van der Waals surface area contributed by atoms with Gasteiger partial charge in [0.1, 0.15) is 11.6 Å². The molecule has 10 heteroatoms. The van der Waals surface area contributed by atoms with E-state index >= 15 is 0 Å². The van der Waals surface area contributed by atoms with Gasteiger partial charge < -0.3 is 25.8 Å². The molecule has 2 unspecified atom stereocenters. The smallest absolute Gasteiger partial charge is 0.251 e. The number of aromatic nitrogens is 3. The molecule has 2 aliphatic rings. The van der Waals surface area contributed by atoms with E-state index in [9.17, 15) is 9.90 Å². The van der Waals surface area contributed by atoms with E-state index in [1.807, 2.05) is 48.8 Å². The summed E-state index contributed by atoms with van der Waals surface area (Å²) in [6, 6.07) is 8.02. The molecule has 204 valence electrons. The van der Waals surface area contributed by atoms with Gasteiger partial charge >= 0.3 is 0 Å². The lowest BCUT2D eigenvalue weighted by Crippen LogP contribution is -2.39. The summed E-state index contributed by atoms with van der Waals surface area (Å²) in [6.07, 6.45) is 4.19. The van der Waals surface area contributed by atoms with Crippen LogP contribution >= 0.6 is 0 Å². The molecule has 1 aromatic carbocycles. The molecule has 1 aliphatic carbocycles. The molecule has 38 heavy (non-hydrogen) atoms. The third kappa shape index (κ3) is 6.09. The first kappa shape index (κ1) is 26.4. The maximum atomic E-state index is 12.6. The number of hydrogen-bond acceptors (Lipinski definition) is 8. The number of carbonyl (C=O) groups excluding carboxylic acids is 1. The second-order valence-electron chi connectivity index (χ2n) is 10.4. The Balaban J connectivity index is 1.44. The molecule has 2 fully saturated rings. The molecule has 2 atom stereocenters. The van der Waals surface area contributed by atoms with Crippen molar-refractivity contribution in [1.82, 2.24) is 24.8 Å². The minimum absolute atomic E-state index is 0.0171. The fraction of sp³-hybridized carbons (Fsp3) is 0.536. The molecule has 0 bridgehead atoms. The van der Waals surface area contributed by atoms with Gasteiger partial charge in [0.2, 0.25) is 0 Å². The maximum Gasteiger partial charge on any atom is 0.251 e. The highest BCUT2D eigenvalue weighted by atomic mass is 16.5. The molecule has 3 heterocycles. The zero-order valence-corrected chi connectivity index (χ0v) is 22.5. The van der Waals surface area contributed by atoms with Gasteiger partial charge in [-0.1, -0.05) is 19.1 Å². The first-order valence-corrected chi connectivity index (χ1v) is 13.7. The van der Waals surface area contributed by atoms with Gasteiger partial charge in [-0.25, -0.2) is 4.98 Å². The topological polar surface area (TPSA) is 116 Å². The first-order valence-electron chi connectivity index (χ1n) is 13.7. The Morgan fingerprint density at radius 3 is 2.71 bits per heavy atom. The molecule has 5 rings (SSSR count). The van der Waals surface area contributed by atoms with Gasteiger partial charge in [0, 0.05) is 49.4 Å². The van der Waals surface area contributed by atoms with Crippen molar-refractivity contribution in [3.63, 3.8) is 0 Å². The van der Waals surface area contributed by atoms with Crippen LogP contribution in [0.1, 0.15) is 49.0 Å². The van der Waals surface area contributed by atoms with Gasteiger partial charge in [0.15, 0.2) is 5.65 Å². The van der Waals surface area contributed by atoms with E-state index in [2.05, 4.69) is 25.9 Å². The van der Waals surface area contributed by atoms with Crippen molar-refractivity contribution in [2.75, 3.05) is 50.0 Å². The van der Waals surface area contributed by atoms with Crippen LogP contribution in [0.5, 0.6) is 0 Å². The molecule has 3 aromatic rings. The van der Waals surface area contributed by atoms with Crippen LogP contribution < -0.4 is 16.0 Å². The Kier molecular flexibility index (Phi) is 8.11. The number of anilines is 2. The molecule has 4 N–H and O–H groups in total. The van der Waals surface area contributed by atoms with Crippen molar-refractivity contribution >= 4 is 23.2 Å². The number of aliphatic hydroxyl groups excluding tert-OH is 1. The number of fused-ring (bicyclic) bond motifs is 1. The third-order valence-corrected chi connectivity index (χ3v) is 7.36. The van der Waals surface area contributed by atoms with Crippen LogP contribution in [0.25, 0.3) is 16.8 Å². The highest BCUT2D eigenvalue weighted by Crippen LogP contribution is 2.29. The van der Waals surface area contributed by atoms with Crippen LogP contribution in [0, 0.1) is 6.92 Å². The van der Waals surface area contributed by atoms with E-state index in [0.29, 0.717) is 23.1 Å². The number of benzene rings is 1. The molecule has 1 saturated carbocycles. The summed E-state index contributed by atoms with van der Waals surface area (Å²) in [6.45, 7) is 10.9. The van der Waals surface area contributed by atoms with Crippen molar-refractivity contribution in [3.8, 4) is 11.1 Å². The molecule has 1 saturated heterocycles. The van der Waals surface area contributed by atoms with E-state index in [4.69, 9.17) is 9.72 Å². The van der Waals surface area contributed by atoms with Crippen LogP contribution in [0.15, 0.2) is 30.5 Å². The maximum absolute atomic E-state index is 12.6. The van der Waals surface area contributed by atoms with Crippen molar-refractivity contribution in [3.05, 3.63) is 41.6 Å². The van der Waals surface area contributed by atoms with Crippen molar-refractivity contribution in [2.24, 2.45) is 0 Å². The minimum Gasteiger partial charge on any atom is -0.391 e. The van der Waals surface area contributed by atoms with E-state index in [0.717, 1.165) is 81.2 Å². The second-order valence-corrected chi connectivity index (χ2v) is 10.4. The first-order chi connectivity index (χ1) is 18.4. The summed E-state index contributed by atoms with van der Waals surface area (Å²) < 4.78 is 7.29. The average molecular weight is 522 g/mol. The van der Waals surface area contributed by atoms with E-state index < -0.39 is 6.10 Å². The zero-order valence-electron chi connectivity index (χ0n) is 22.5. The normalized spacial score (nSPS) is 17.8. The highest BCUT2D eigenvalue weighted by Gasteiger charge is 2.25. The number of carbonyl (C=O) groups is 1. The molecule has 10 nitrogen and oxygen atoms in total. The molecule has 0 radical (unpaired) electrons. The summed E-state index contributed by atoms with van der Waals surface area (Å²) in [5.41, 5.74) is 4.15. The molecular formula is C28H39N7O3. The quantitative estimate of drug-likeness (QED) is 0.304. The van der Waals surface area contributed by atoms with E-state index in [1.54, 1.807) is 6.92 Å². The Morgan fingerprint density at radius 1 is 1.24 bits per heavy atom.